The lowest BCUT2D eigenvalue weighted by molar-refractivity contribution is -0.140. The maximum absolute atomic E-state index is 14.5. The van der Waals surface area contributed by atoms with Crippen molar-refractivity contribution in [3.05, 3.63) is 131 Å². The molecule has 1 N–H and O–H groups in total. The standard InChI is InChI=1S/C36H40FN3O4S/c1-26(2)23-38-36(42)34(22-29-10-6-5-7-11-29)39(24-30-12-8-9-28(4)21-30)35(41)25-40(32-17-13-27(3)14-18-32)45(43,44)33-19-15-31(37)16-20-33/h5-21,26,34H,22-25H2,1-4H3,(H,38,42)/t34-/m1/s1. The molecule has 0 aliphatic heterocycles. The van der Waals surface area contributed by atoms with Gasteiger partial charge in [0.1, 0.15) is 18.4 Å². The summed E-state index contributed by atoms with van der Waals surface area (Å²) in [6.45, 7) is 7.74. The number of hydrogen-bond acceptors (Lipinski definition) is 4. The molecule has 4 aromatic carbocycles. The van der Waals surface area contributed by atoms with Crippen LogP contribution in [0.1, 0.15) is 36.1 Å². The number of anilines is 1. The highest BCUT2D eigenvalue weighted by molar-refractivity contribution is 7.92. The van der Waals surface area contributed by atoms with Crippen molar-refractivity contribution in [2.24, 2.45) is 5.92 Å². The smallest absolute Gasteiger partial charge is 0.264 e. The maximum atomic E-state index is 14.5. The van der Waals surface area contributed by atoms with Gasteiger partial charge in [-0.15, -0.1) is 0 Å². The molecule has 4 aromatic rings. The molecule has 0 aliphatic rings. The second-order valence-electron chi connectivity index (χ2n) is 11.7. The lowest BCUT2D eigenvalue weighted by Gasteiger charge is -2.34. The van der Waals surface area contributed by atoms with Gasteiger partial charge >= 0.3 is 0 Å². The Balaban J connectivity index is 1.79. The molecule has 1 atom stereocenters. The number of carbonyl (C=O) groups excluding carboxylic acids is 2. The third-order valence-electron chi connectivity index (χ3n) is 7.39. The summed E-state index contributed by atoms with van der Waals surface area (Å²) >= 11 is 0. The summed E-state index contributed by atoms with van der Waals surface area (Å²) < 4.78 is 42.8. The van der Waals surface area contributed by atoms with E-state index in [0.29, 0.717) is 6.54 Å². The van der Waals surface area contributed by atoms with Crippen LogP contribution in [0.25, 0.3) is 0 Å². The fourth-order valence-corrected chi connectivity index (χ4v) is 6.37. The van der Waals surface area contributed by atoms with Crippen LogP contribution >= 0.6 is 0 Å². The van der Waals surface area contributed by atoms with Gasteiger partial charge in [-0.25, -0.2) is 12.8 Å². The molecule has 236 valence electrons. The average molecular weight is 630 g/mol. The van der Waals surface area contributed by atoms with Crippen molar-refractivity contribution in [2.75, 3.05) is 17.4 Å². The molecule has 0 aromatic heterocycles. The number of halogens is 1. The molecule has 45 heavy (non-hydrogen) atoms. The Hall–Kier alpha value is -4.50. The summed E-state index contributed by atoms with van der Waals surface area (Å²) in [6, 6.07) is 27.4. The van der Waals surface area contributed by atoms with Crippen LogP contribution in [0.5, 0.6) is 0 Å². The Morgan fingerprint density at radius 3 is 2.07 bits per heavy atom. The summed E-state index contributed by atoms with van der Waals surface area (Å²) in [5.41, 5.74) is 3.84. The summed E-state index contributed by atoms with van der Waals surface area (Å²) in [5.74, 6) is -1.27. The van der Waals surface area contributed by atoms with E-state index in [4.69, 9.17) is 0 Å². The van der Waals surface area contributed by atoms with Crippen LogP contribution in [0.3, 0.4) is 0 Å². The Kier molecular flexibility index (Phi) is 11.1. The normalized spacial score (nSPS) is 12.0. The van der Waals surface area contributed by atoms with Gasteiger partial charge in [0.25, 0.3) is 10.0 Å². The van der Waals surface area contributed by atoms with E-state index in [1.165, 1.54) is 17.0 Å². The van der Waals surface area contributed by atoms with E-state index in [1.54, 1.807) is 24.3 Å². The minimum absolute atomic E-state index is 0.0887. The van der Waals surface area contributed by atoms with Gasteiger partial charge < -0.3 is 10.2 Å². The predicted molar refractivity (Wildman–Crippen MR) is 176 cm³/mol. The van der Waals surface area contributed by atoms with E-state index in [1.807, 2.05) is 82.3 Å². The highest BCUT2D eigenvalue weighted by Gasteiger charge is 2.34. The maximum Gasteiger partial charge on any atom is 0.264 e. The zero-order valence-electron chi connectivity index (χ0n) is 26.1. The topological polar surface area (TPSA) is 86.8 Å². The summed E-state index contributed by atoms with van der Waals surface area (Å²) in [5, 5.41) is 2.99. The van der Waals surface area contributed by atoms with Crippen LogP contribution in [0, 0.1) is 25.6 Å². The van der Waals surface area contributed by atoms with E-state index in [2.05, 4.69) is 5.32 Å². The molecular formula is C36H40FN3O4S. The highest BCUT2D eigenvalue weighted by Crippen LogP contribution is 2.26. The van der Waals surface area contributed by atoms with Crippen LogP contribution < -0.4 is 9.62 Å². The number of aryl methyl sites for hydroxylation is 2. The molecule has 0 aliphatic carbocycles. The van der Waals surface area contributed by atoms with Crippen LogP contribution in [0.2, 0.25) is 0 Å². The first-order valence-electron chi connectivity index (χ1n) is 15.0. The number of hydrogen-bond donors (Lipinski definition) is 1. The molecular weight excluding hydrogens is 589 g/mol. The molecule has 4 rings (SSSR count). The van der Waals surface area contributed by atoms with Gasteiger partial charge in [0.2, 0.25) is 11.8 Å². The van der Waals surface area contributed by atoms with Gasteiger partial charge in [-0.05, 0) is 67.3 Å². The van der Waals surface area contributed by atoms with E-state index in [-0.39, 0.29) is 35.4 Å². The molecule has 0 bridgehead atoms. The fraction of sp³-hybridized carbons (Fsp3) is 0.278. The SMILES string of the molecule is Cc1ccc(N(CC(=O)N(Cc2cccc(C)c2)[C@H](Cc2ccccc2)C(=O)NCC(C)C)S(=O)(=O)c2ccc(F)cc2)cc1. The van der Waals surface area contributed by atoms with Gasteiger partial charge in [0, 0.05) is 19.5 Å². The summed E-state index contributed by atoms with van der Waals surface area (Å²) in [7, 11) is -4.30. The van der Waals surface area contributed by atoms with Crippen molar-refractivity contribution in [2.45, 2.75) is 51.6 Å². The molecule has 0 fully saturated rings. The van der Waals surface area contributed by atoms with Gasteiger partial charge in [-0.3, -0.25) is 13.9 Å². The largest absolute Gasteiger partial charge is 0.354 e. The molecule has 0 radical (unpaired) electrons. The molecule has 0 saturated heterocycles. The first-order chi connectivity index (χ1) is 21.4. The molecule has 7 nitrogen and oxygen atoms in total. The molecule has 0 heterocycles. The first-order valence-corrected chi connectivity index (χ1v) is 16.4. The Labute approximate surface area is 265 Å². The third kappa shape index (κ3) is 9.01. The number of nitrogens with zero attached hydrogens (tertiary/aromatic N) is 2. The average Bonchev–Trinajstić information content (AvgIpc) is 3.01. The van der Waals surface area contributed by atoms with Crippen LogP contribution in [0.4, 0.5) is 10.1 Å². The number of nitrogens with one attached hydrogen (secondary N) is 1. The third-order valence-corrected chi connectivity index (χ3v) is 9.18. The lowest BCUT2D eigenvalue weighted by Crippen LogP contribution is -2.53. The van der Waals surface area contributed by atoms with Crippen molar-refractivity contribution in [1.82, 2.24) is 10.2 Å². The van der Waals surface area contributed by atoms with Crippen molar-refractivity contribution in [3.63, 3.8) is 0 Å². The molecule has 0 saturated carbocycles. The van der Waals surface area contributed by atoms with Crippen LogP contribution in [0.15, 0.2) is 108 Å². The van der Waals surface area contributed by atoms with E-state index in [0.717, 1.165) is 38.7 Å². The lowest BCUT2D eigenvalue weighted by atomic mass is 10.0. The minimum Gasteiger partial charge on any atom is -0.354 e. The van der Waals surface area contributed by atoms with E-state index >= 15 is 0 Å². The summed E-state index contributed by atoms with van der Waals surface area (Å²) in [6.07, 6.45) is 0.234. The number of carbonyl (C=O) groups is 2. The second-order valence-corrected chi connectivity index (χ2v) is 13.5. The van der Waals surface area contributed by atoms with Gasteiger partial charge in [-0.2, -0.15) is 0 Å². The highest BCUT2D eigenvalue weighted by atomic mass is 32.2. The summed E-state index contributed by atoms with van der Waals surface area (Å²) in [4.78, 5) is 29.6. The minimum atomic E-state index is -4.30. The number of amides is 2. The van der Waals surface area contributed by atoms with Crippen molar-refractivity contribution >= 4 is 27.5 Å². The Bertz CT molecular complexity index is 1690. The second kappa shape index (κ2) is 15.0. The number of rotatable bonds is 13. The Morgan fingerprint density at radius 2 is 1.44 bits per heavy atom. The Morgan fingerprint density at radius 1 is 0.800 bits per heavy atom. The predicted octanol–water partition coefficient (Wildman–Crippen LogP) is 6.05. The number of sulfonamides is 1. The van der Waals surface area contributed by atoms with Crippen LogP contribution in [-0.2, 0) is 32.6 Å². The van der Waals surface area contributed by atoms with Crippen molar-refractivity contribution < 1.29 is 22.4 Å². The first kappa shape index (κ1) is 33.4. The quantitative estimate of drug-likeness (QED) is 0.195. The van der Waals surface area contributed by atoms with Crippen LogP contribution in [-0.4, -0.2) is 44.3 Å². The monoisotopic (exact) mass is 629 g/mol. The zero-order valence-corrected chi connectivity index (χ0v) is 26.9. The fourth-order valence-electron chi connectivity index (χ4n) is 4.96. The molecule has 9 heteroatoms. The van der Waals surface area contributed by atoms with Crippen molar-refractivity contribution in [3.8, 4) is 0 Å². The van der Waals surface area contributed by atoms with Gasteiger partial charge in [0.05, 0.1) is 10.6 Å². The van der Waals surface area contributed by atoms with Crippen molar-refractivity contribution in [1.29, 1.82) is 0 Å². The molecule has 0 spiro atoms. The number of benzene rings is 4. The van der Waals surface area contributed by atoms with E-state index < -0.39 is 34.3 Å². The van der Waals surface area contributed by atoms with E-state index in [9.17, 15) is 22.4 Å². The van der Waals surface area contributed by atoms with Gasteiger partial charge in [-0.1, -0.05) is 91.7 Å². The zero-order chi connectivity index (χ0) is 32.6. The molecule has 0 unspecified atom stereocenters. The molecule has 2 amide bonds. The van der Waals surface area contributed by atoms with Gasteiger partial charge in [0.15, 0.2) is 0 Å².